The Labute approximate surface area is 187 Å². The lowest BCUT2D eigenvalue weighted by atomic mass is 10.0. The van der Waals surface area contributed by atoms with Gasteiger partial charge in [-0.15, -0.1) is 0 Å². The molecule has 0 atom stereocenters. The van der Waals surface area contributed by atoms with Crippen LogP contribution in [0, 0.1) is 5.82 Å². The molecule has 0 bridgehead atoms. The minimum absolute atomic E-state index is 0.195. The number of halogens is 1. The maximum Gasteiger partial charge on any atom is 0.319 e. The molecule has 0 aliphatic carbocycles. The van der Waals surface area contributed by atoms with Crippen molar-refractivity contribution in [3.8, 4) is 22.8 Å². The number of nitrogens with zero attached hydrogens (tertiary/aromatic N) is 2. The largest absolute Gasteiger partial charge is 0.468 e. The standard InChI is InChI=1S/C25H26FN3O3/c1-31-25(30)17-29-15-13-20(14-16-29)27-24-4-2-3-23(28-24)18-5-9-21(10-6-18)32-22-11-7-19(26)8-12-22/h2-12,20H,13-17H2,1H3,(H,27,28). The Morgan fingerprint density at radius 2 is 1.69 bits per heavy atom. The topological polar surface area (TPSA) is 63.7 Å². The number of methoxy groups -OCH3 is 1. The summed E-state index contributed by atoms with van der Waals surface area (Å²) in [6, 6.07) is 19.8. The number of piperidine rings is 1. The number of carbonyl (C=O) groups excluding carboxylic acids is 1. The van der Waals surface area contributed by atoms with Crippen molar-refractivity contribution >= 4 is 11.8 Å². The van der Waals surface area contributed by atoms with Crippen molar-refractivity contribution in [3.63, 3.8) is 0 Å². The van der Waals surface area contributed by atoms with Gasteiger partial charge in [-0.1, -0.05) is 6.07 Å². The Balaban J connectivity index is 1.34. The van der Waals surface area contributed by atoms with Crippen LogP contribution < -0.4 is 10.1 Å². The average Bonchev–Trinajstić information content (AvgIpc) is 2.82. The molecular weight excluding hydrogens is 409 g/mol. The fourth-order valence-electron chi connectivity index (χ4n) is 3.70. The molecule has 7 heteroatoms. The van der Waals surface area contributed by atoms with Gasteiger partial charge in [0.2, 0.25) is 0 Å². The molecule has 0 amide bonds. The quantitative estimate of drug-likeness (QED) is 0.542. The zero-order valence-corrected chi connectivity index (χ0v) is 18.0. The summed E-state index contributed by atoms with van der Waals surface area (Å²) < 4.78 is 23.5. The van der Waals surface area contributed by atoms with Crippen LogP contribution in [0.5, 0.6) is 11.5 Å². The molecule has 1 saturated heterocycles. The van der Waals surface area contributed by atoms with Crippen LogP contribution >= 0.6 is 0 Å². The zero-order valence-electron chi connectivity index (χ0n) is 18.0. The maximum atomic E-state index is 13.0. The minimum atomic E-state index is -0.293. The monoisotopic (exact) mass is 435 g/mol. The summed E-state index contributed by atoms with van der Waals surface area (Å²) in [5.74, 6) is 1.61. The van der Waals surface area contributed by atoms with E-state index in [1.165, 1.54) is 19.2 Å². The van der Waals surface area contributed by atoms with E-state index in [1.54, 1.807) is 12.1 Å². The van der Waals surface area contributed by atoms with Crippen molar-refractivity contribution < 1.29 is 18.7 Å². The number of hydrogen-bond donors (Lipinski definition) is 1. The van der Waals surface area contributed by atoms with Crippen molar-refractivity contribution in [2.45, 2.75) is 18.9 Å². The number of benzene rings is 2. The Kier molecular flexibility index (Phi) is 6.97. The van der Waals surface area contributed by atoms with Gasteiger partial charge < -0.3 is 14.8 Å². The van der Waals surface area contributed by atoms with Gasteiger partial charge in [-0.3, -0.25) is 9.69 Å². The molecule has 1 N–H and O–H groups in total. The number of hydrogen-bond acceptors (Lipinski definition) is 6. The molecule has 166 valence electrons. The highest BCUT2D eigenvalue weighted by molar-refractivity contribution is 5.71. The maximum absolute atomic E-state index is 13.0. The van der Waals surface area contributed by atoms with Crippen molar-refractivity contribution in [1.29, 1.82) is 0 Å². The third kappa shape index (κ3) is 5.82. The molecule has 3 aromatic rings. The first-order valence-corrected chi connectivity index (χ1v) is 10.7. The lowest BCUT2D eigenvalue weighted by Gasteiger charge is -2.31. The molecule has 1 aromatic heterocycles. The summed E-state index contributed by atoms with van der Waals surface area (Å²) >= 11 is 0. The summed E-state index contributed by atoms with van der Waals surface area (Å²) in [6.07, 6.45) is 1.89. The van der Waals surface area contributed by atoms with Gasteiger partial charge >= 0.3 is 5.97 Å². The molecule has 0 saturated carbocycles. The fourth-order valence-corrected chi connectivity index (χ4v) is 3.70. The summed E-state index contributed by atoms with van der Waals surface area (Å²) in [7, 11) is 1.42. The van der Waals surface area contributed by atoms with Gasteiger partial charge in [0.1, 0.15) is 23.1 Å². The molecule has 2 heterocycles. The minimum Gasteiger partial charge on any atom is -0.468 e. The zero-order chi connectivity index (χ0) is 22.3. The Morgan fingerprint density at radius 3 is 2.34 bits per heavy atom. The highest BCUT2D eigenvalue weighted by Gasteiger charge is 2.21. The van der Waals surface area contributed by atoms with E-state index >= 15 is 0 Å². The molecule has 1 aliphatic rings. The van der Waals surface area contributed by atoms with Crippen molar-refractivity contribution in [1.82, 2.24) is 9.88 Å². The molecular formula is C25H26FN3O3. The average molecular weight is 435 g/mol. The van der Waals surface area contributed by atoms with Gasteiger partial charge in [-0.25, -0.2) is 9.37 Å². The van der Waals surface area contributed by atoms with Gasteiger partial charge in [0.15, 0.2) is 0 Å². The van der Waals surface area contributed by atoms with E-state index in [-0.39, 0.29) is 11.8 Å². The number of nitrogens with one attached hydrogen (secondary N) is 1. The van der Waals surface area contributed by atoms with Gasteiger partial charge in [0.05, 0.1) is 19.3 Å². The Bertz CT molecular complexity index is 1030. The second kappa shape index (κ2) is 10.2. The van der Waals surface area contributed by atoms with E-state index < -0.39 is 0 Å². The van der Waals surface area contributed by atoms with Crippen LogP contribution in [0.1, 0.15) is 12.8 Å². The molecule has 0 radical (unpaired) electrons. The van der Waals surface area contributed by atoms with E-state index in [0.717, 1.165) is 43.0 Å². The van der Waals surface area contributed by atoms with Crippen molar-refractivity contribution in [2.75, 3.05) is 32.1 Å². The first kappa shape index (κ1) is 21.8. The molecule has 1 aliphatic heterocycles. The molecule has 0 unspecified atom stereocenters. The Hall–Kier alpha value is -3.45. The number of rotatable bonds is 7. The van der Waals surface area contributed by atoms with E-state index in [9.17, 15) is 9.18 Å². The number of anilines is 1. The third-order valence-electron chi connectivity index (χ3n) is 5.47. The lowest BCUT2D eigenvalue weighted by molar-refractivity contribution is -0.142. The van der Waals surface area contributed by atoms with Crippen LogP contribution in [0.3, 0.4) is 0 Å². The van der Waals surface area contributed by atoms with Crippen LogP contribution in [-0.4, -0.2) is 48.6 Å². The molecule has 4 rings (SSSR count). The molecule has 32 heavy (non-hydrogen) atoms. The number of ether oxygens (including phenoxy) is 2. The molecule has 1 fully saturated rings. The number of aromatic nitrogens is 1. The highest BCUT2D eigenvalue weighted by atomic mass is 19.1. The fraction of sp³-hybridized carbons (Fsp3) is 0.280. The highest BCUT2D eigenvalue weighted by Crippen LogP contribution is 2.26. The smallest absolute Gasteiger partial charge is 0.319 e. The normalized spacial score (nSPS) is 14.7. The SMILES string of the molecule is COC(=O)CN1CCC(Nc2cccc(-c3ccc(Oc4ccc(F)cc4)cc3)n2)CC1. The predicted octanol–water partition coefficient (Wildman–Crippen LogP) is 4.73. The van der Waals surface area contributed by atoms with Gasteiger partial charge in [-0.05, 0) is 73.5 Å². The summed E-state index contributed by atoms with van der Waals surface area (Å²) in [5.41, 5.74) is 1.85. The number of pyridine rings is 1. The van der Waals surface area contributed by atoms with E-state index in [2.05, 4.69) is 10.2 Å². The Morgan fingerprint density at radius 1 is 1.03 bits per heavy atom. The van der Waals surface area contributed by atoms with Crippen LogP contribution in [0.2, 0.25) is 0 Å². The van der Waals surface area contributed by atoms with E-state index in [0.29, 0.717) is 24.1 Å². The first-order chi connectivity index (χ1) is 15.6. The van der Waals surface area contributed by atoms with Crippen LogP contribution in [0.25, 0.3) is 11.3 Å². The van der Waals surface area contributed by atoms with Gasteiger partial charge in [0, 0.05) is 24.7 Å². The number of carbonyl (C=O) groups is 1. The summed E-state index contributed by atoms with van der Waals surface area (Å²) in [6.45, 7) is 2.04. The van der Waals surface area contributed by atoms with Crippen LogP contribution in [0.15, 0.2) is 66.7 Å². The van der Waals surface area contributed by atoms with Crippen LogP contribution in [0.4, 0.5) is 10.2 Å². The second-order valence-electron chi connectivity index (χ2n) is 7.76. The van der Waals surface area contributed by atoms with E-state index in [1.807, 2.05) is 42.5 Å². The van der Waals surface area contributed by atoms with E-state index in [4.69, 9.17) is 14.5 Å². The first-order valence-electron chi connectivity index (χ1n) is 10.7. The molecule has 2 aromatic carbocycles. The van der Waals surface area contributed by atoms with Gasteiger partial charge in [-0.2, -0.15) is 0 Å². The third-order valence-corrected chi connectivity index (χ3v) is 5.47. The lowest BCUT2D eigenvalue weighted by Crippen LogP contribution is -2.41. The predicted molar refractivity (Wildman–Crippen MR) is 121 cm³/mol. The van der Waals surface area contributed by atoms with Crippen molar-refractivity contribution in [3.05, 3.63) is 72.5 Å². The number of esters is 1. The number of likely N-dealkylation sites (tertiary alicyclic amines) is 1. The summed E-state index contributed by atoms with van der Waals surface area (Å²) in [4.78, 5) is 18.3. The molecule has 0 spiro atoms. The van der Waals surface area contributed by atoms with Crippen molar-refractivity contribution in [2.24, 2.45) is 0 Å². The summed E-state index contributed by atoms with van der Waals surface area (Å²) in [5, 5.41) is 3.52. The van der Waals surface area contributed by atoms with Gasteiger partial charge in [0.25, 0.3) is 0 Å². The van der Waals surface area contributed by atoms with Crippen LogP contribution in [-0.2, 0) is 9.53 Å². The second-order valence-corrected chi connectivity index (χ2v) is 7.76. The molecule has 6 nitrogen and oxygen atoms in total.